The van der Waals surface area contributed by atoms with Gasteiger partial charge in [-0.2, -0.15) is 8.42 Å². The third kappa shape index (κ3) is 2.77. The number of hydrogen-bond donors (Lipinski definition) is 2. The quantitative estimate of drug-likeness (QED) is 0.493. The van der Waals surface area contributed by atoms with Crippen LogP contribution in [0, 0.1) is 10.1 Å². The van der Waals surface area contributed by atoms with Crippen molar-refractivity contribution in [2.75, 3.05) is 0 Å². The Morgan fingerprint density at radius 3 is 2.39 bits per heavy atom. The highest BCUT2D eigenvalue weighted by atomic mass is 32.2. The Balaban J connectivity index is 3.62. The molecule has 1 aromatic carbocycles. The average Bonchev–Trinajstić information content (AvgIpc) is 2.26. The summed E-state index contributed by atoms with van der Waals surface area (Å²) in [6.45, 7) is 3.58. The lowest BCUT2D eigenvalue weighted by Gasteiger charge is -2.11. The average molecular weight is 275 g/mol. The Labute approximate surface area is 104 Å². The van der Waals surface area contributed by atoms with Crippen molar-refractivity contribution in [1.82, 2.24) is 0 Å². The molecule has 0 amide bonds. The fraction of sp³-hybridized carbons (Fsp3) is 0.400. The van der Waals surface area contributed by atoms with Crippen molar-refractivity contribution in [2.45, 2.75) is 31.1 Å². The van der Waals surface area contributed by atoms with E-state index in [1.54, 1.807) is 6.92 Å². The molecule has 0 aliphatic rings. The van der Waals surface area contributed by atoms with Crippen LogP contribution < -0.4 is 0 Å². The van der Waals surface area contributed by atoms with Crippen molar-refractivity contribution < 1.29 is 23.0 Å². The first-order chi connectivity index (χ1) is 8.18. The molecule has 100 valence electrons. The third-order valence-electron chi connectivity index (χ3n) is 2.73. The van der Waals surface area contributed by atoms with Gasteiger partial charge in [0.05, 0.1) is 4.92 Å². The second-order valence-corrected chi connectivity index (χ2v) is 5.32. The van der Waals surface area contributed by atoms with Crippen molar-refractivity contribution in [2.24, 2.45) is 0 Å². The molecule has 0 saturated carbocycles. The van der Waals surface area contributed by atoms with E-state index in [1.807, 2.05) is 6.92 Å². The monoisotopic (exact) mass is 275 g/mol. The Morgan fingerprint density at radius 2 is 2.00 bits per heavy atom. The Morgan fingerprint density at radius 1 is 1.44 bits per heavy atom. The lowest BCUT2D eigenvalue weighted by molar-refractivity contribution is -0.386. The molecule has 0 aliphatic carbocycles. The van der Waals surface area contributed by atoms with Gasteiger partial charge >= 0.3 is 5.69 Å². The molecule has 0 spiro atoms. The van der Waals surface area contributed by atoms with Crippen LogP contribution in [0.1, 0.15) is 31.7 Å². The summed E-state index contributed by atoms with van der Waals surface area (Å²) in [4.78, 5) is 9.00. The highest BCUT2D eigenvalue weighted by molar-refractivity contribution is 7.86. The zero-order valence-corrected chi connectivity index (χ0v) is 10.6. The number of hydrogen-bond acceptors (Lipinski definition) is 5. The highest BCUT2D eigenvalue weighted by Gasteiger charge is 2.26. The van der Waals surface area contributed by atoms with E-state index in [-0.39, 0.29) is 5.92 Å². The molecule has 18 heavy (non-hydrogen) atoms. The molecule has 0 bridgehead atoms. The van der Waals surface area contributed by atoms with E-state index in [0.29, 0.717) is 12.0 Å². The van der Waals surface area contributed by atoms with Crippen LogP contribution in [0.5, 0.6) is 5.75 Å². The van der Waals surface area contributed by atoms with Gasteiger partial charge in [-0.3, -0.25) is 14.7 Å². The molecule has 1 aromatic rings. The van der Waals surface area contributed by atoms with Crippen LogP contribution in [0.15, 0.2) is 17.0 Å². The maximum Gasteiger partial charge on any atom is 0.312 e. The van der Waals surface area contributed by atoms with Crippen molar-refractivity contribution in [3.63, 3.8) is 0 Å². The van der Waals surface area contributed by atoms with Crippen LogP contribution in [0.25, 0.3) is 0 Å². The fourth-order valence-corrected chi connectivity index (χ4v) is 2.10. The molecule has 8 heteroatoms. The van der Waals surface area contributed by atoms with Crippen molar-refractivity contribution >= 4 is 15.8 Å². The number of aromatic hydroxyl groups is 1. The van der Waals surface area contributed by atoms with Gasteiger partial charge in [-0.25, -0.2) is 0 Å². The number of nitrogens with zero attached hydrogens (tertiary/aromatic N) is 1. The number of benzene rings is 1. The number of phenols is 1. The second kappa shape index (κ2) is 4.91. The largest absolute Gasteiger partial charge is 0.501 e. The Hall–Kier alpha value is -1.67. The SMILES string of the molecule is CCC(C)c1cc([N+](=O)[O-])c(O)c(S(=O)(=O)O)c1. The molecule has 0 radical (unpaired) electrons. The van der Waals surface area contributed by atoms with Crippen LogP contribution in [-0.2, 0) is 10.1 Å². The topological polar surface area (TPSA) is 118 Å². The lowest BCUT2D eigenvalue weighted by atomic mass is 9.98. The minimum atomic E-state index is -4.71. The summed E-state index contributed by atoms with van der Waals surface area (Å²) < 4.78 is 31.1. The molecular formula is C10H13NO6S. The Bertz CT molecular complexity index is 580. The molecule has 7 nitrogen and oxygen atoms in total. The van der Waals surface area contributed by atoms with Gasteiger partial charge in [-0.1, -0.05) is 13.8 Å². The smallest absolute Gasteiger partial charge is 0.312 e. The number of rotatable bonds is 4. The summed E-state index contributed by atoms with van der Waals surface area (Å²) in [6, 6.07) is 2.16. The molecule has 0 aliphatic heterocycles. The summed E-state index contributed by atoms with van der Waals surface area (Å²) in [5.41, 5.74) is -0.366. The molecule has 0 heterocycles. The van der Waals surface area contributed by atoms with Gasteiger partial charge in [0.2, 0.25) is 5.75 Å². The van der Waals surface area contributed by atoms with Crippen LogP contribution in [-0.4, -0.2) is 23.0 Å². The van der Waals surface area contributed by atoms with E-state index < -0.39 is 31.4 Å². The molecular weight excluding hydrogens is 262 g/mol. The summed E-state index contributed by atoms with van der Waals surface area (Å²) >= 11 is 0. The minimum Gasteiger partial charge on any atom is -0.501 e. The molecule has 1 atom stereocenters. The van der Waals surface area contributed by atoms with Gasteiger partial charge in [-0.15, -0.1) is 0 Å². The second-order valence-electron chi connectivity index (χ2n) is 3.93. The zero-order valence-electron chi connectivity index (χ0n) is 9.82. The maximum absolute atomic E-state index is 11.1. The molecule has 0 aromatic heterocycles. The van der Waals surface area contributed by atoms with Gasteiger partial charge < -0.3 is 5.11 Å². The van der Waals surface area contributed by atoms with Gasteiger partial charge in [0, 0.05) is 6.07 Å². The first-order valence-corrected chi connectivity index (χ1v) is 6.61. The van der Waals surface area contributed by atoms with Gasteiger partial charge in [-0.05, 0) is 24.0 Å². The summed E-state index contributed by atoms with van der Waals surface area (Å²) in [5, 5.41) is 20.2. The highest BCUT2D eigenvalue weighted by Crippen LogP contribution is 2.36. The first kappa shape index (κ1) is 14.4. The number of nitro groups is 1. The predicted octanol–water partition coefficient (Wildman–Crippen LogP) is 2.06. The minimum absolute atomic E-state index is 0.134. The fourth-order valence-electron chi connectivity index (χ4n) is 1.47. The van der Waals surface area contributed by atoms with E-state index in [0.717, 1.165) is 12.1 Å². The van der Waals surface area contributed by atoms with Gasteiger partial charge in [0.25, 0.3) is 10.1 Å². The zero-order chi connectivity index (χ0) is 14.1. The van der Waals surface area contributed by atoms with Crippen molar-refractivity contribution in [3.05, 3.63) is 27.8 Å². The van der Waals surface area contributed by atoms with Crippen LogP contribution in [0.3, 0.4) is 0 Å². The predicted molar refractivity (Wildman–Crippen MR) is 63.3 cm³/mol. The van der Waals surface area contributed by atoms with Crippen molar-refractivity contribution in [3.8, 4) is 5.75 Å². The molecule has 1 unspecified atom stereocenters. The summed E-state index contributed by atoms with van der Waals surface area (Å²) in [7, 11) is -4.71. The van der Waals surface area contributed by atoms with E-state index in [9.17, 15) is 23.6 Å². The van der Waals surface area contributed by atoms with Crippen LogP contribution in [0.4, 0.5) is 5.69 Å². The Kier molecular flexibility index (Phi) is 3.92. The molecule has 0 saturated heterocycles. The molecule has 1 rings (SSSR count). The standard InChI is InChI=1S/C10H13NO6S/c1-3-6(2)7-4-8(11(13)14)10(12)9(5-7)18(15,16)17/h4-6,12H,3H2,1-2H3,(H,15,16,17). The number of phenolic OH excluding ortho intramolecular Hbond substituents is 1. The number of nitro benzene ring substituents is 1. The van der Waals surface area contributed by atoms with Crippen LogP contribution >= 0.6 is 0 Å². The van der Waals surface area contributed by atoms with E-state index in [4.69, 9.17) is 4.55 Å². The first-order valence-electron chi connectivity index (χ1n) is 5.17. The van der Waals surface area contributed by atoms with E-state index in [2.05, 4.69) is 0 Å². The van der Waals surface area contributed by atoms with Crippen LogP contribution in [0.2, 0.25) is 0 Å². The van der Waals surface area contributed by atoms with Crippen molar-refractivity contribution in [1.29, 1.82) is 0 Å². The third-order valence-corrected chi connectivity index (χ3v) is 3.60. The van der Waals surface area contributed by atoms with Gasteiger partial charge in [0.15, 0.2) is 0 Å². The summed E-state index contributed by atoms with van der Waals surface area (Å²) in [5.74, 6) is -1.18. The normalized spacial score (nSPS) is 13.3. The maximum atomic E-state index is 11.1. The summed E-state index contributed by atoms with van der Waals surface area (Å²) in [6.07, 6.45) is 0.632. The van der Waals surface area contributed by atoms with E-state index >= 15 is 0 Å². The molecule has 2 N–H and O–H groups in total. The molecule has 0 fully saturated rings. The van der Waals surface area contributed by atoms with Gasteiger partial charge in [0.1, 0.15) is 4.90 Å². The lowest BCUT2D eigenvalue weighted by Crippen LogP contribution is -2.04. The van der Waals surface area contributed by atoms with E-state index in [1.165, 1.54) is 0 Å².